The molecule has 0 bridgehead atoms. The van der Waals surface area contributed by atoms with Crippen LogP contribution >= 0.6 is 11.3 Å². The van der Waals surface area contributed by atoms with E-state index in [1.54, 1.807) is 11.3 Å². The van der Waals surface area contributed by atoms with Crippen LogP contribution in [0.5, 0.6) is 0 Å². The molecule has 0 amide bonds. The minimum Gasteiger partial charge on any atom is -0.314 e. The molecule has 18 heavy (non-hydrogen) atoms. The highest BCUT2D eigenvalue weighted by atomic mass is 32.1. The van der Waals surface area contributed by atoms with Crippen molar-refractivity contribution >= 4 is 21.4 Å². The molecule has 0 aromatic carbocycles. The molecule has 2 heterocycles. The number of thiophene rings is 1. The van der Waals surface area contributed by atoms with Crippen LogP contribution in [-0.2, 0) is 6.42 Å². The summed E-state index contributed by atoms with van der Waals surface area (Å²) in [5, 5.41) is 7.06. The van der Waals surface area contributed by atoms with Gasteiger partial charge in [0.05, 0.1) is 5.69 Å². The molecule has 0 saturated carbocycles. The smallest absolute Gasteiger partial charge is 0.0505 e. The fourth-order valence-corrected chi connectivity index (χ4v) is 3.25. The van der Waals surface area contributed by atoms with Gasteiger partial charge >= 0.3 is 0 Å². The number of nitrogens with one attached hydrogen (secondary N) is 1. The molecule has 0 aliphatic heterocycles. The lowest BCUT2D eigenvalue weighted by Gasteiger charge is -2.19. The Hall–Kier alpha value is -0.930. The second-order valence-corrected chi connectivity index (χ2v) is 6.13. The Kier molecular flexibility index (Phi) is 4.72. The van der Waals surface area contributed by atoms with Gasteiger partial charge in [-0.2, -0.15) is 0 Å². The second-order valence-electron chi connectivity index (χ2n) is 5.18. The van der Waals surface area contributed by atoms with Gasteiger partial charge in [-0.3, -0.25) is 4.98 Å². The molecule has 2 aromatic heterocycles. The third-order valence-electron chi connectivity index (χ3n) is 3.15. The number of nitrogens with zero attached hydrogens (tertiary/aromatic N) is 1. The van der Waals surface area contributed by atoms with Gasteiger partial charge in [-0.1, -0.05) is 20.8 Å². The molecule has 1 N–H and O–H groups in total. The van der Waals surface area contributed by atoms with E-state index in [1.165, 1.54) is 22.2 Å². The van der Waals surface area contributed by atoms with E-state index in [9.17, 15) is 0 Å². The Morgan fingerprint density at radius 2 is 2.17 bits per heavy atom. The number of aromatic nitrogens is 1. The minimum atomic E-state index is 0.535. The zero-order chi connectivity index (χ0) is 13.0. The van der Waals surface area contributed by atoms with Crippen LogP contribution in [0.1, 0.15) is 32.9 Å². The topological polar surface area (TPSA) is 24.9 Å². The Bertz CT molecular complexity index is 490. The number of fused-ring (bicyclic) bond motifs is 1. The van der Waals surface area contributed by atoms with Gasteiger partial charge < -0.3 is 5.32 Å². The van der Waals surface area contributed by atoms with Crippen LogP contribution in [0.3, 0.4) is 0 Å². The maximum absolute atomic E-state index is 4.58. The lowest BCUT2D eigenvalue weighted by atomic mass is 9.98. The third-order valence-corrected chi connectivity index (χ3v) is 4.03. The first-order valence-electron chi connectivity index (χ1n) is 6.75. The molecule has 2 rings (SSSR count). The van der Waals surface area contributed by atoms with Crippen LogP contribution in [0.25, 0.3) is 10.1 Å². The molecular formula is C15H22N2S. The Morgan fingerprint density at radius 3 is 2.89 bits per heavy atom. The van der Waals surface area contributed by atoms with Crippen molar-refractivity contribution in [2.75, 3.05) is 6.54 Å². The van der Waals surface area contributed by atoms with Crippen molar-refractivity contribution in [2.45, 2.75) is 39.7 Å². The predicted molar refractivity (Wildman–Crippen MR) is 80.2 cm³/mol. The first-order chi connectivity index (χ1) is 8.70. The van der Waals surface area contributed by atoms with Crippen molar-refractivity contribution in [1.82, 2.24) is 10.3 Å². The molecular weight excluding hydrogens is 240 g/mol. The molecule has 1 unspecified atom stereocenters. The molecule has 0 saturated heterocycles. The molecule has 98 valence electrons. The lowest BCUT2D eigenvalue weighted by Crippen LogP contribution is -2.32. The number of rotatable bonds is 6. The predicted octanol–water partition coefficient (Wildman–Crippen LogP) is 3.86. The first kappa shape index (κ1) is 13.5. The fourth-order valence-electron chi connectivity index (χ4n) is 2.45. The molecule has 0 aliphatic carbocycles. The van der Waals surface area contributed by atoms with Gasteiger partial charge in [0, 0.05) is 28.7 Å². The van der Waals surface area contributed by atoms with Gasteiger partial charge in [-0.25, -0.2) is 0 Å². The molecule has 0 fully saturated rings. The monoisotopic (exact) mass is 262 g/mol. The van der Waals surface area contributed by atoms with Crippen LogP contribution in [0.2, 0.25) is 0 Å². The van der Waals surface area contributed by atoms with E-state index < -0.39 is 0 Å². The normalized spacial score (nSPS) is 13.3. The van der Waals surface area contributed by atoms with Crippen LogP contribution in [0.4, 0.5) is 0 Å². The van der Waals surface area contributed by atoms with E-state index in [4.69, 9.17) is 0 Å². The van der Waals surface area contributed by atoms with Crippen LogP contribution < -0.4 is 5.32 Å². The summed E-state index contributed by atoms with van der Waals surface area (Å²) in [4.78, 5) is 4.58. The highest BCUT2D eigenvalue weighted by Gasteiger charge is 2.13. The number of hydrogen-bond donors (Lipinski definition) is 1. The molecule has 2 aromatic rings. The Labute approximate surface area is 113 Å². The quantitative estimate of drug-likeness (QED) is 0.855. The molecule has 0 aliphatic rings. The molecule has 1 atom stereocenters. The average Bonchev–Trinajstić information content (AvgIpc) is 2.77. The summed E-state index contributed by atoms with van der Waals surface area (Å²) >= 11 is 1.80. The maximum Gasteiger partial charge on any atom is 0.0505 e. The lowest BCUT2D eigenvalue weighted by molar-refractivity contribution is 0.422. The summed E-state index contributed by atoms with van der Waals surface area (Å²) in [5.41, 5.74) is 1.24. The summed E-state index contributed by atoms with van der Waals surface area (Å²) < 4.78 is 1.35. The SMILES string of the molecule is CCNC(Cc1nccc2sccc12)CC(C)C. The van der Waals surface area contributed by atoms with Crippen molar-refractivity contribution in [1.29, 1.82) is 0 Å². The van der Waals surface area contributed by atoms with Crippen LogP contribution in [-0.4, -0.2) is 17.6 Å². The zero-order valence-electron chi connectivity index (χ0n) is 11.4. The highest BCUT2D eigenvalue weighted by Crippen LogP contribution is 2.24. The molecule has 3 heteroatoms. The van der Waals surface area contributed by atoms with E-state index in [1.807, 2.05) is 6.20 Å². The minimum absolute atomic E-state index is 0.535. The van der Waals surface area contributed by atoms with Crippen molar-refractivity contribution in [3.05, 3.63) is 29.4 Å². The van der Waals surface area contributed by atoms with Crippen LogP contribution in [0.15, 0.2) is 23.7 Å². The highest BCUT2D eigenvalue weighted by molar-refractivity contribution is 7.17. The van der Waals surface area contributed by atoms with Crippen molar-refractivity contribution in [3.63, 3.8) is 0 Å². The number of likely N-dealkylation sites (N-methyl/N-ethyl adjacent to an activating group) is 1. The summed E-state index contributed by atoms with van der Waals surface area (Å²) in [6.07, 6.45) is 4.17. The maximum atomic E-state index is 4.58. The molecule has 0 spiro atoms. The molecule has 0 radical (unpaired) electrons. The van der Waals surface area contributed by atoms with E-state index in [-0.39, 0.29) is 0 Å². The fraction of sp³-hybridized carbons (Fsp3) is 0.533. The largest absolute Gasteiger partial charge is 0.314 e. The van der Waals surface area contributed by atoms with E-state index in [0.29, 0.717) is 6.04 Å². The van der Waals surface area contributed by atoms with Gasteiger partial charge in [-0.05, 0) is 36.4 Å². The average molecular weight is 262 g/mol. The second kappa shape index (κ2) is 6.30. The zero-order valence-corrected chi connectivity index (χ0v) is 12.3. The number of hydrogen-bond acceptors (Lipinski definition) is 3. The van der Waals surface area contributed by atoms with Gasteiger partial charge in [-0.15, -0.1) is 11.3 Å². The van der Waals surface area contributed by atoms with Crippen molar-refractivity contribution in [3.8, 4) is 0 Å². The number of pyridine rings is 1. The van der Waals surface area contributed by atoms with Gasteiger partial charge in [0.15, 0.2) is 0 Å². The Balaban J connectivity index is 2.17. The van der Waals surface area contributed by atoms with Gasteiger partial charge in [0.25, 0.3) is 0 Å². The standard InChI is InChI=1S/C15H22N2S/c1-4-16-12(9-11(2)3)10-14-13-6-8-18-15(13)5-7-17-14/h5-8,11-12,16H,4,9-10H2,1-3H3. The van der Waals surface area contributed by atoms with Crippen LogP contribution in [0, 0.1) is 5.92 Å². The van der Waals surface area contributed by atoms with Crippen molar-refractivity contribution < 1.29 is 0 Å². The molecule has 2 nitrogen and oxygen atoms in total. The Morgan fingerprint density at radius 1 is 1.33 bits per heavy atom. The summed E-state index contributed by atoms with van der Waals surface area (Å²) in [7, 11) is 0. The summed E-state index contributed by atoms with van der Waals surface area (Å²) in [6, 6.07) is 4.84. The van der Waals surface area contributed by atoms with Gasteiger partial charge in [0.2, 0.25) is 0 Å². The summed E-state index contributed by atoms with van der Waals surface area (Å²) in [6.45, 7) is 7.76. The van der Waals surface area contributed by atoms with Crippen molar-refractivity contribution in [2.24, 2.45) is 5.92 Å². The van der Waals surface area contributed by atoms with E-state index in [0.717, 1.165) is 18.9 Å². The first-order valence-corrected chi connectivity index (χ1v) is 7.63. The third kappa shape index (κ3) is 3.30. The van der Waals surface area contributed by atoms with E-state index >= 15 is 0 Å². The van der Waals surface area contributed by atoms with Gasteiger partial charge in [0.1, 0.15) is 0 Å². The van der Waals surface area contributed by atoms with E-state index in [2.05, 4.69) is 48.6 Å². The summed E-state index contributed by atoms with van der Waals surface area (Å²) in [5.74, 6) is 0.718.